The molecule has 3 amide bonds. The number of carbonyl (C=O) groups excluding carboxylic acids is 2. The second-order valence-corrected chi connectivity index (χ2v) is 8.72. The second-order valence-electron chi connectivity index (χ2n) is 8.31. The third kappa shape index (κ3) is 3.24. The van der Waals surface area contributed by atoms with Crippen LogP contribution in [0.1, 0.15) is 28.9 Å². The molecule has 2 fully saturated rings. The van der Waals surface area contributed by atoms with Crippen LogP contribution in [0.4, 0.5) is 18.0 Å². The first-order chi connectivity index (χ1) is 14.7. The highest BCUT2D eigenvalue weighted by Crippen LogP contribution is 2.64. The van der Waals surface area contributed by atoms with E-state index in [4.69, 9.17) is 17.3 Å². The topological polar surface area (TPSA) is 93.2 Å². The molecule has 7 nitrogen and oxygen atoms in total. The van der Waals surface area contributed by atoms with Gasteiger partial charge in [0.25, 0.3) is 11.8 Å². The van der Waals surface area contributed by atoms with Crippen molar-refractivity contribution in [3.63, 3.8) is 0 Å². The number of nitrogens with two attached hydrogens (primary N) is 1. The van der Waals surface area contributed by atoms with E-state index >= 15 is 0 Å². The van der Waals surface area contributed by atoms with Crippen LogP contribution >= 0.6 is 11.6 Å². The van der Waals surface area contributed by atoms with Crippen molar-refractivity contribution in [2.45, 2.75) is 37.9 Å². The number of aromatic nitrogens is 2. The minimum absolute atomic E-state index is 0.0851. The van der Waals surface area contributed by atoms with Crippen LogP contribution in [0.15, 0.2) is 18.2 Å². The molecule has 3 N–H and O–H groups in total. The molecule has 0 bridgehead atoms. The maximum atomic E-state index is 13.5. The average molecular weight is 454 g/mol. The lowest BCUT2D eigenvalue weighted by atomic mass is 10.0. The third-order valence-corrected chi connectivity index (χ3v) is 6.77. The first kappa shape index (κ1) is 20.2. The van der Waals surface area contributed by atoms with E-state index in [1.807, 2.05) is 0 Å². The van der Waals surface area contributed by atoms with Gasteiger partial charge in [-0.2, -0.15) is 5.10 Å². The second kappa shape index (κ2) is 6.88. The predicted octanol–water partition coefficient (Wildman–Crippen LogP) is 3.01. The van der Waals surface area contributed by atoms with Crippen molar-refractivity contribution >= 4 is 23.5 Å². The maximum Gasteiger partial charge on any atom is 0.318 e. The van der Waals surface area contributed by atoms with E-state index in [1.165, 1.54) is 23.1 Å². The monoisotopic (exact) mass is 453 g/mol. The van der Waals surface area contributed by atoms with Gasteiger partial charge in [-0.05, 0) is 31.0 Å². The Hall–Kier alpha value is -2.75. The summed E-state index contributed by atoms with van der Waals surface area (Å²) in [5, 5.41) is 7.15. The highest BCUT2D eigenvalue weighted by atomic mass is 35.5. The summed E-state index contributed by atoms with van der Waals surface area (Å²) in [6.07, 6.45) is 0.550. The van der Waals surface area contributed by atoms with Crippen LogP contribution in [0.3, 0.4) is 0 Å². The largest absolute Gasteiger partial charge is 0.365 e. The SMILES string of the molecule is NC(=O)c1c(-c2ccc(F)c(Cl)c2)nn2c1CN(C(=O)NC1CC3C(C1)C3(F)F)CC2. The number of hydrogen-bond donors (Lipinski definition) is 2. The number of benzene rings is 1. The summed E-state index contributed by atoms with van der Waals surface area (Å²) in [5.41, 5.74) is 6.90. The van der Waals surface area contributed by atoms with Crippen LogP contribution in [0, 0.1) is 17.7 Å². The van der Waals surface area contributed by atoms with Gasteiger partial charge in [-0.25, -0.2) is 18.0 Å². The van der Waals surface area contributed by atoms with E-state index < -0.39 is 29.5 Å². The summed E-state index contributed by atoms with van der Waals surface area (Å²) in [7, 11) is 0. The quantitative estimate of drug-likeness (QED) is 0.748. The fourth-order valence-electron chi connectivity index (χ4n) is 4.79. The summed E-state index contributed by atoms with van der Waals surface area (Å²) >= 11 is 5.87. The molecule has 11 heteroatoms. The Morgan fingerprint density at radius 3 is 2.58 bits per heavy atom. The first-order valence-corrected chi connectivity index (χ1v) is 10.3. The fraction of sp³-hybridized carbons (Fsp3) is 0.450. The molecule has 5 rings (SSSR count). The Morgan fingerprint density at radius 1 is 1.23 bits per heavy atom. The molecule has 2 saturated carbocycles. The van der Waals surface area contributed by atoms with E-state index in [9.17, 15) is 22.8 Å². The lowest BCUT2D eigenvalue weighted by Gasteiger charge is -2.30. The predicted molar refractivity (Wildman–Crippen MR) is 105 cm³/mol. The number of rotatable bonds is 3. The van der Waals surface area contributed by atoms with Crippen LogP contribution in [0.2, 0.25) is 5.02 Å². The summed E-state index contributed by atoms with van der Waals surface area (Å²) in [6.45, 7) is 0.742. The molecule has 164 valence electrons. The molecular formula is C20H19ClF3N5O2. The van der Waals surface area contributed by atoms with Crippen molar-refractivity contribution < 1.29 is 22.8 Å². The summed E-state index contributed by atoms with van der Waals surface area (Å²) in [5.74, 6) is -5.17. The lowest BCUT2D eigenvalue weighted by molar-refractivity contribution is 0.0672. The Morgan fingerprint density at radius 2 is 1.94 bits per heavy atom. The molecule has 3 aliphatic rings. The molecule has 2 aromatic rings. The summed E-state index contributed by atoms with van der Waals surface area (Å²) < 4.78 is 41.9. The number of nitrogens with zero attached hydrogens (tertiary/aromatic N) is 3. The number of fused-ring (bicyclic) bond motifs is 2. The van der Waals surface area contributed by atoms with E-state index in [2.05, 4.69) is 10.4 Å². The number of alkyl halides is 2. The Balaban J connectivity index is 1.35. The standard InChI is InChI=1S/C20H19ClF3N5O2/c21-13-5-9(1-2-14(13)22)17-16(18(25)30)15-8-28(3-4-29(15)27-17)19(31)26-10-6-11-12(7-10)20(11,23)24/h1-2,5,10-12H,3-4,6-8H2,(H2,25,30)(H,26,31). The van der Waals surface area contributed by atoms with Crippen LogP contribution in [0.5, 0.6) is 0 Å². The smallest absolute Gasteiger partial charge is 0.318 e. The van der Waals surface area contributed by atoms with Crippen LogP contribution in [0.25, 0.3) is 11.3 Å². The molecule has 0 spiro atoms. The number of hydrogen-bond acceptors (Lipinski definition) is 3. The zero-order chi connectivity index (χ0) is 22.1. The van der Waals surface area contributed by atoms with E-state index in [0.717, 1.165) is 0 Å². The van der Waals surface area contributed by atoms with Crippen molar-refractivity contribution in [3.05, 3.63) is 40.3 Å². The number of carbonyl (C=O) groups is 2. The minimum atomic E-state index is -2.59. The van der Waals surface area contributed by atoms with E-state index in [0.29, 0.717) is 24.3 Å². The number of halogens is 4. The summed E-state index contributed by atoms with van der Waals surface area (Å²) in [6, 6.07) is 3.35. The number of urea groups is 1. The highest BCUT2D eigenvalue weighted by Gasteiger charge is 2.71. The van der Waals surface area contributed by atoms with E-state index in [1.54, 1.807) is 4.68 Å². The molecule has 0 radical (unpaired) electrons. The van der Waals surface area contributed by atoms with Gasteiger partial charge in [0.2, 0.25) is 0 Å². The van der Waals surface area contributed by atoms with Gasteiger partial charge in [0, 0.05) is 30.0 Å². The van der Waals surface area contributed by atoms with Gasteiger partial charge in [0.1, 0.15) is 11.5 Å². The van der Waals surface area contributed by atoms with Crippen LogP contribution < -0.4 is 11.1 Å². The maximum absolute atomic E-state index is 13.5. The Kier molecular flexibility index (Phi) is 4.47. The molecule has 1 aromatic heterocycles. The molecule has 2 heterocycles. The van der Waals surface area contributed by atoms with Crippen molar-refractivity contribution in [1.29, 1.82) is 0 Å². The van der Waals surface area contributed by atoms with Crippen LogP contribution in [-0.2, 0) is 13.1 Å². The molecular weight excluding hydrogens is 435 g/mol. The molecule has 1 aromatic carbocycles. The van der Waals surface area contributed by atoms with E-state index in [-0.39, 0.29) is 47.7 Å². The van der Waals surface area contributed by atoms with Gasteiger partial charge >= 0.3 is 6.03 Å². The molecule has 2 aliphatic carbocycles. The fourth-order valence-corrected chi connectivity index (χ4v) is 4.97. The lowest BCUT2D eigenvalue weighted by Crippen LogP contribution is -2.48. The van der Waals surface area contributed by atoms with Gasteiger partial charge < -0.3 is 16.0 Å². The highest BCUT2D eigenvalue weighted by molar-refractivity contribution is 6.31. The molecule has 0 saturated heterocycles. The van der Waals surface area contributed by atoms with Crippen molar-refractivity contribution in [2.24, 2.45) is 17.6 Å². The molecule has 1 aliphatic heterocycles. The number of nitrogens with one attached hydrogen (secondary N) is 1. The van der Waals surface area contributed by atoms with Gasteiger partial charge in [-0.3, -0.25) is 9.48 Å². The van der Waals surface area contributed by atoms with Crippen LogP contribution in [-0.4, -0.2) is 45.1 Å². The molecule has 31 heavy (non-hydrogen) atoms. The van der Waals surface area contributed by atoms with Gasteiger partial charge in [0.15, 0.2) is 0 Å². The van der Waals surface area contributed by atoms with Gasteiger partial charge in [-0.1, -0.05) is 11.6 Å². The Bertz CT molecular complexity index is 1090. The third-order valence-electron chi connectivity index (χ3n) is 6.48. The number of amides is 3. The zero-order valence-corrected chi connectivity index (χ0v) is 17.0. The minimum Gasteiger partial charge on any atom is -0.365 e. The normalized spacial score (nSPS) is 25.7. The van der Waals surface area contributed by atoms with Crippen molar-refractivity contribution in [1.82, 2.24) is 20.0 Å². The molecule has 2 unspecified atom stereocenters. The van der Waals surface area contributed by atoms with Gasteiger partial charge in [-0.15, -0.1) is 0 Å². The Labute approximate surface area is 180 Å². The number of primary amides is 1. The van der Waals surface area contributed by atoms with Crippen molar-refractivity contribution in [2.75, 3.05) is 6.54 Å². The van der Waals surface area contributed by atoms with Gasteiger partial charge in [0.05, 0.1) is 29.4 Å². The van der Waals surface area contributed by atoms with Crippen molar-refractivity contribution in [3.8, 4) is 11.3 Å². The molecule has 2 atom stereocenters. The first-order valence-electron chi connectivity index (χ1n) is 9.95. The zero-order valence-electron chi connectivity index (χ0n) is 16.2. The summed E-state index contributed by atoms with van der Waals surface area (Å²) in [4.78, 5) is 26.4. The average Bonchev–Trinajstić information content (AvgIpc) is 3.11.